The van der Waals surface area contributed by atoms with E-state index in [-0.39, 0.29) is 5.60 Å². The molecule has 0 unspecified atom stereocenters. The van der Waals surface area contributed by atoms with Gasteiger partial charge in [0, 0.05) is 30.9 Å². The lowest BCUT2D eigenvalue weighted by molar-refractivity contribution is -0.0780. The van der Waals surface area contributed by atoms with Gasteiger partial charge in [-0.1, -0.05) is 12.1 Å². The summed E-state index contributed by atoms with van der Waals surface area (Å²) < 4.78 is 17.2. The molecule has 4 rings (SSSR count). The van der Waals surface area contributed by atoms with E-state index in [0.717, 1.165) is 44.7 Å². The molecule has 0 amide bonds. The van der Waals surface area contributed by atoms with Crippen molar-refractivity contribution in [3.8, 4) is 11.6 Å². The lowest BCUT2D eigenvalue weighted by atomic mass is 9.79. The number of methoxy groups -OCH3 is 2. The lowest BCUT2D eigenvalue weighted by Gasteiger charge is -2.45. The molecule has 132 valence electrons. The van der Waals surface area contributed by atoms with Gasteiger partial charge in [-0.15, -0.1) is 0 Å². The van der Waals surface area contributed by atoms with E-state index >= 15 is 0 Å². The number of anilines is 1. The van der Waals surface area contributed by atoms with Gasteiger partial charge in [-0.3, -0.25) is 0 Å². The Morgan fingerprint density at radius 1 is 1.12 bits per heavy atom. The molecule has 1 aromatic carbocycles. The maximum Gasteiger partial charge on any atom is 0.228 e. The normalized spacial score (nSPS) is 18.7. The first-order valence-corrected chi connectivity index (χ1v) is 8.68. The van der Waals surface area contributed by atoms with Crippen molar-refractivity contribution in [3.63, 3.8) is 0 Å². The minimum absolute atomic E-state index is 0.268. The van der Waals surface area contributed by atoms with Crippen LogP contribution in [0.4, 0.5) is 5.95 Å². The maximum absolute atomic E-state index is 6.33. The molecular formula is C19H23N3O3. The third kappa shape index (κ3) is 2.80. The van der Waals surface area contributed by atoms with Crippen LogP contribution in [0.25, 0.3) is 0 Å². The molecule has 0 radical (unpaired) electrons. The van der Waals surface area contributed by atoms with Gasteiger partial charge in [0.15, 0.2) is 0 Å². The SMILES string of the molecule is COc1ccnc(N2CCC3(CC2)OCCc2cccc(OC)c23)n1. The summed E-state index contributed by atoms with van der Waals surface area (Å²) in [5.41, 5.74) is 2.31. The van der Waals surface area contributed by atoms with Gasteiger partial charge < -0.3 is 19.1 Å². The Hall–Kier alpha value is -2.34. The fourth-order valence-electron chi connectivity index (χ4n) is 3.96. The first kappa shape index (κ1) is 16.1. The highest BCUT2D eigenvalue weighted by Gasteiger charge is 2.43. The number of rotatable bonds is 3. The largest absolute Gasteiger partial charge is 0.496 e. The van der Waals surface area contributed by atoms with E-state index in [1.54, 1.807) is 26.5 Å². The van der Waals surface area contributed by atoms with Gasteiger partial charge in [0.2, 0.25) is 11.8 Å². The first-order valence-electron chi connectivity index (χ1n) is 8.68. The van der Waals surface area contributed by atoms with Gasteiger partial charge in [-0.25, -0.2) is 4.98 Å². The number of ether oxygens (including phenoxy) is 3. The summed E-state index contributed by atoms with van der Waals surface area (Å²) in [5, 5.41) is 0. The monoisotopic (exact) mass is 341 g/mol. The Kier molecular flexibility index (Phi) is 4.21. The molecule has 0 bridgehead atoms. The molecular weight excluding hydrogens is 318 g/mol. The van der Waals surface area contributed by atoms with Crippen LogP contribution in [0.2, 0.25) is 0 Å². The van der Waals surface area contributed by atoms with Gasteiger partial charge in [0.05, 0.1) is 20.8 Å². The van der Waals surface area contributed by atoms with Crippen molar-refractivity contribution in [2.75, 3.05) is 38.8 Å². The highest BCUT2D eigenvalue weighted by molar-refractivity contribution is 5.47. The molecule has 1 spiro atoms. The molecule has 0 N–H and O–H groups in total. The number of nitrogens with zero attached hydrogens (tertiary/aromatic N) is 3. The molecule has 0 atom stereocenters. The van der Waals surface area contributed by atoms with E-state index in [4.69, 9.17) is 14.2 Å². The van der Waals surface area contributed by atoms with Crippen LogP contribution in [-0.2, 0) is 16.8 Å². The molecule has 0 aliphatic carbocycles. The summed E-state index contributed by atoms with van der Waals surface area (Å²) >= 11 is 0. The molecule has 2 aromatic rings. The van der Waals surface area contributed by atoms with Crippen molar-refractivity contribution in [1.29, 1.82) is 0 Å². The molecule has 25 heavy (non-hydrogen) atoms. The van der Waals surface area contributed by atoms with E-state index in [0.29, 0.717) is 11.8 Å². The number of hydrogen-bond acceptors (Lipinski definition) is 6. The Labute approximate surface area is 147 Å². The number of aromatic nitrogens is 2. The molecule has 2 aliphatic heterocycles. The molecule has 2 aliphatic rings. The van der Waals surface area contributed by atoms with E-state index in [1.807, 2.05) is 6.07 Å². The maximum atomic E-state index is 6.33. The minimum Gasteiger partial charge on any atom is -0.496 e. The summed E-state index contributed by atoms with van der Waals surface area (Å²) in [6, 6.07) is 8.06. The van der Waals surface area contributed by atoms with Crippen molar-refractivity contribution in [2.24, 2.45) is 0 Å². The fourth-order valence-corrected chi connectivity index (χ4v) is 3.96. The lowest BCUT2D eigenvalue weighted by Crippen LogP contribution is -2.47. The van der Waals surface area contributed by atoms with Crippen LogP contribution in [0.15, 0.2) is 30.5 Å². The number of fused-ring (bicyclic) bond motifs is 2. The molecule has 1 saturated heterocycles. The van der Waals surface area contributed by atoms with E-state index in [9.17, 15) is 0 Å². The standard InChI is InChI=1S/C19H23N3O3/c1-23-15-5-3-4-14-7-13-25-19(17(14)15)8-11-22(12-9-19)18-20-10-6-16(21-18)24-2/h3-6,10H,7-9,11-13H2,1-2H3. The molecule has 6 heteroatoms. The second-order valence-electron chi connectivity index (χ2n) is 6.47. The molecule has 3 heterocycles. The summed E-state index contributed by atoms with van der Waals surface area (Å²) in [7, 11) is 3.35. The molecule has 1 fully saturated rings. The number of piperidine rings is 1. The van der Waals surface area contributed by atoms with Gasteiger partial charge >= 0.3 is 0 Å². The highest BCUT2D eigenvalue weighted by Crippen LogP contribution is 2.46. The Bertz CT molecular complexity index is 743. The summed E-state index contributed by atoms with van der Waals surface area (Å²) in [5.74, 6) is 2.24. The van der Waals surface area contributed by atoms with Crippen LogP contribution in [0.5, 0.6) is 11.6 Å². The first-order chi connectivity index (χ1) is 12.3. The van der Waals surface area contributed by atoms with Gasteiger partial charge in [-0.05, 0) is 30.9 Å². The predicted molar refractivity (Wildman–Crippen MR) is 94.4 cm³/mol. The van der Waals surface area contributed by atoms with E-state index in [2.05, 4.69) is 27.0 Å². The van der Waals surface area contributed by atoms with Crippen molar-refractivity contribution in [2.45, 2.75) is 24.9 Å². The summed E-state index contributed by atoms with van der Waals surface area (Å²) in [6.45, 7) is 2.44. The number of benzene rings is 1. The van der Waals surface area contributed by atoms with Crippen LogP contribution in [0.1, 0.15) is 24.0 Å². The second kappa shape index (κ2) is 6.52. The third-order valence-electron chi connectivity index (χ3n) is 5.22. The average Bonchev–Trinajstić information content (AvgIpc) is 2.68. The summed E-state index contributed by atoms with van der Waals surface area (Å²) in [6.07, 6.45) is 4.46. The average molecular weight is 341 g/mol. The van der Waals surface area contributed by atoms with Crippen LogP contribution in [-0.4, -0.2) is 43.9 Å². The van der Waals surface area contributed by atoms with Gasteiger partial charge in [0.25, 0.3) is 0 Å². The number of hydrogen-bond donors (Lipinski definition) is 0. The van der Waals surface area contributed by atoms with Crippen LogP contribution in [0.3, 0.4) is 0 Å². The van der Waals surface area contributed by atoms with Crippen molar-refractivity contribution < 1.29 is 14.2 Å². The van der Waals surface area contributed by atoms with Crippen LogP contribution < -0.4 is 14.4 Å². The van der Waals surface area contributed by atoms with E-state index in [1.165, 1.54) is 11.1 Å². The van der Waals surface area contributed by atoms with Crippen molar-refractivity contribution >= 4 is 5.95 Å². The zero-order chi connectivity index (χ0) is 17.3. The summed E-state index contributed by atoms with van der Waals surface area (Å²) in [4.78, 5) is 11.0. The Morgan fingerprint density at radius 2 is 1.96 bits per heavy atom. The topological polar surface area (TPSA) is 56.7 Å². The van der Waals surface area contributed by atoms with Gasteiger partial charge in [0.1, 0.15) is 11.4 Å². The zero-order valence-electron chi connectivity index (χ0n) is 14.7. The zero-order valence-corrected chi connectivity index (χ0v) is 14.7. The highest BCUT2D eigenvalue weighted by atomic mass is 16.5. The van der Waals surface area contributed by atoms with Crippen LogP contribution >= 0.6 is 0 Å². The van der Waals surface area contributed by atoms with Crippen molar-refractivity contribution in [3.05, 3.63) is 41.6 Å². The fraction of sp³-hybridized carbons (Fsp3) is 0.474. The molecule has 6 nitrogen and oxygen atoms in total. The molecule has 0 saturated carbocycles. The smallest absolute Gasteiger partial charge is 0.228 e. The minimum atomic E-state index is -0.268. The molecule has 1 aromatic heterocycles. The van der Waals surface area contributed by atoms with Gasteiger partial charge in [-0.2, -0.15) is 4.98 Å². The quantitative estimate of drug-likeness (QED) is 0.855. The Balaban J connectivity index is 1.60. The Morgan fingerprint density at radius 3 is 2.72 bits per heavy atom. The van der Waals surface area contributed by atoms with Crippen LogP contribution in [0, 0.1) is 0 Å². The van der Waals surface area contributed by atoms with Crippen molar-refractivity contribution in [1.82, 2.24) is 9.97 Å². The predicted octanol–water partition coefficient (Wildman–Crippen LogP) is 2.56. The van der Waals surface area contributed by atoms with E-state index < -0.39 is 0 Å². The third-order valence-corrected chi connectivity index (χ3v) is 5.22. The second-order valence-corrected chi connectivity index (χ2v) is 6.47.